The molecule has 0 spiro atoms. The summed E-state index contributed by atoms with van der Waals surface area (Å²) in [7, 11) is 2.20. The number of likely N-dealkylation sites (tertiary alicyclic amines) is 2. The third-order valence-electron chi connectivity index (χ3n) is 5.43. The van der Waals surface area contributed by atoms with Gasteiger partial charge < -0.3 is 20.3 Å². The number of piperidine rings is 2. The van der Waals surface area contributed by atoms with Gasteiger partial charge in [0.15, 0.2) is 0 Å². The van der Waals surface area contributed by atoms with Crippen molar-refractivity contribution in [2.45, 2.75) is 44.7 Å². The molecule has 26 heavy (non-hydrogen) atoms. The standard InChI is InChI=1S/C20H32N4O2/c1-3-26-19-9-5-4-8-18(19)22-20(25)21-16-7-6-12-24(15-16)17-10-13-23(2)14-11-17/h4-5,8-9,16-17H,3,6-7,10-15H2,1-2H3,(H2,21,22,25)/t16-/m1/s1. The third-order valence-corrected chi connectivity index (χ3v) is 5.43. The van der Waals surface area contributed by atoms with E-state index in [9.17, 15) is 4.79 Å². The summed E-state index contributed by atoms with van der Waals surface area (Å²) in [6.45, 7) is 6.98. The number of amides is 2. The first kappa shape index (κ1) is 19.0. The van der Waals surface area contributed by atoms with Crippen LogP contribution in [-0.2, 0) is 0 Å². The molecule has 2 fully saturated rings. The lowest BCUT2D eigenvalue weighted by atomic mass is 9.98. The quantitative estimate of drug-likeness (QED) is 0.848. The second-order valence-corrected chi connectivity index (χ2v) is 7.40. The lowest BCUT2D eigenvalue weighted by molar-refractivity contribution is 0.0900. The van der Waals surface area contributed by atoms with E-state index in [0.29, 0.717) is 18.4 Å². The summed E-state index contributed by atoms with van der Waals surface area (Å²) in [6.07, 6.45) is 4.66. The van der Waals surface area contributed by atoms with Crippen LogP contribution in [0.25, 0.3) is 0 Å². The first-order valence-electron chi connectivity index (χ1n) is 9.87. The van der Waals surface area contributed by atoms with Crippen molar-refractivity contribution in [3.05, 3.63) is 24.3 Å². The second kappa shape index (κ2) is 9.24. The fraction of sp³-hybridized carbons (Fsp3) is 0.650. The van der Waals surface area contributed by atoms with Crippen molar-refractivity contribution in [3.8, 4) is 5.75 Å². The molecule has 144 valence electrons. The monoisotopic (exact) mass is 360 g/mol. The van der Waals surface area contributed by atoms with Gasteiger partial charge in [0.25, 0.3) is 0 Å². The van der Waals surface area contributed by atoms with Gasteiger partial charge in [-0.3, -0.25) is 4.90 Å². The summed E-state index contributed by atoms with van der Waals surface area (Å²) in [4.78, 5) is 17.4. The van der Waals surface area contributed by atoms with Gasteiger partial charge in [0.1, 0.15) is 5.75 Å². The molecule has 2 amide bonds. The number of urea groups is 1. The van der Waals surface area contributed by atoms with Crippen LogP contribution < -0.4 is 15.4 Å². The Kier molecular flexibility index (Phi) is 6.74. The second-order valence-electron chi connectivity index (χ2n) is 7.40. The molecule has 2 N–H and O–H groups in total. The number of para-hydroxylation sites is 2. The largest absolute Gasteiger partial charge is 0.492 e. The van der Waals surface area contributed by atoms with E-state index in [-0.39, 0.29) is 12.1 Å². The summed E-state index contributed by atoms with van der Waals surface area (Å²) in [5, 5.41) is 6.10. The van der Waals surface area contributed by atoms with Crippen molar-refractivity contribution in [2.24, 2.45) is 0 Å². The lowest BCUT2D eigenvalue weighted by Crippen LogP contribution is -2.53. The number of rotatable bonds is 5. The molecule has 1 aromatic rings. The van der Waals surface area contributed by atoms with Crippen molar-refractivity contribution < 1.29 is 9.53 Å². The molecule has 0 unspecified atom stereocenters. The van der Waals surface area contributed by atoms with Gasteiger partial charge in [-0.15, -0.1) is 0 Å². The van der Waals surface area contributed by atoms with Gasteiger partial charge in [-0.05, 0) is 71.4 Å². The lowest BCUT2D eigenvalue weighted by Gasteiger charge is -2.41. The molecule has 3 rings (SSSR count). The maximum Gasteiger partial charge on any atom is 0.319 e. The fourth-order valence-electron chi connectivity index (χ4n) is 4.01. The minimum absolute atomic E-state index is 0.146. The molecule has 2 aliphatic rings. The number of carbonyl (C=O) groups excluding carboxylic acids is 1. The molecule has 0 saturated carbocycles. The van der Waals surface area contributed by atoms with Crippen molar-refractivity contribution in [1.29, 1.82) is 0 Å². The van der Waals surface area contributed by atoms with Crippen molar-refractivity contribution >= 4 is 11.7 Å². The minimum Gasteiger partial charge on any atom is -0.492 e. The van der Waals surface area contributed by atoms with E-state index in [1.165, 1.54) is 25.9 Å². The van der Waals surface area contributed by atoms with Crippen LogP contribution in [0.3, 0.4) is 0 Å². The summed E-state index contributed by atoms with van der Waals surface area (Å²) in [5.41, 5.74) is 0.717. The van der Waals surface area contributed by atoms with Crippen LogP contribution in [0.15, 0.2) is 24.3 Å². The van der Waals surface area contributed by atoms with E-state index in [4.69, 9.17) is 4.74 Å². The molecule has 1 aromatic carbocycles. The first-order valence-corrected chi connectivity index (χ1v) is 9.87. The Morgan fingerprint density at radius 1 is 1.19 bits per heavy atom. The highest BCUT2D eigenvalue weighted by molar-refractivity contribution is 5.91. The molecular formula is C20H32N4O2. The molecule has 6 nitrogen and oxygen atoms in total. The van der Waals surface area contributed by atoms with E-state index in [2.05, 4.69) is 27.5 Å². The summed E-state index contributed by atoms with van der Waals surface area (Å²) < 4.78 is 5.58. The average Bonchev–Trinajstić information content (AvgIpc) is 2.64. The van der Waals surface area contributed by atoms with Crippen LogP contribution in [0, 0.1) is 0 Å². The Morgan fingerprint density at radius 2 is 1.96 bits per heavy atom. The van der Waals surface area contributed by atoms with Gasteiger partial charge in [0.2, 0.25) is 0 Å². The van der Waals surface area contributed by atoms with E-state index in [1.54, 1.807) is 0 Å². The SMILES string of the molecule is CCOc1ccccc1NC(=O)N[C@@H]1CCCN(C2CCN(C)CC2)C1. The molecule has 0 bridgehead atoms. The fourth-order valence-corrected chi connectivity index (χ4v) is 4.01. The van der Waals surface area contributed by atoms with Crippen LogP contribution in [0.2, 0.25) is 0 Å². The zero-order valence-electron chi connectivity index (χ0n) is 16.0. The van der Waals surface area contributed by atoms with Crippen molar-refractivity contribution in [2.75, 3.05) is 45.2 Å². The Bertz CT molecular complexity index is 587. The van der Waals surface area contributed by atoms with Crippen LogP contribution >= 0.6 is 0 Å². The Labute approximate surface area is 156 Å². The van der Waals surface area contributed by atoms with Crippen molar-refractivity contribution in [3.63, 3.8) is 0 Å². The molecule has 0 aromatic heterocycles. The van der Waals surface area contributed by atoms with E-state index >= 15 is 0 Å². The summed E-state index contributed by atoms with van der Waals surface area (Å²) >= 11 is 0. The Hall–Kier alpha value is -1.79. The third kappa shape index (κ3) is 5.11. The van der Waals surface area contributed by atoms with Crippen LogP contribution in [-0.4, -0.2) is 67.7 Å². The highest BCUT2D eigenvalue weighted by Gasteiger charge is 2.28. The molecular weight excluding hydrogens is 328 g/mol. The predicted octanol–water partition coefficient (Wildman–Crippen LogP) is 2.77. The zero-order chi connectivity index (χ0) is 18.4. The molecule has 2 aliphatic heterocycles. The molecule has 2 heterocycles. The summed E-state index contributed by atoms with van der Waals surface area (Å²) in [6, 6.07) is 8.29. The first-order chi connectivity index (χ1) is 12.7. The number of nitrogens with zero attached hydrogens (tertiary/aromatic N) is 2. The van der Waals surface area contributed by atoms with Gasteiger partial charge in [-0.1, -0.05) is 12.1 Å². The molecule has 0 aliphatic carbocycles. The maximum atomic E-state index is 12.5. The average molecular weight is 361 g/mol. The Morgan fingerprint density at radius 3 is 2.73 bits per heavy atom. The predicted molar refractivity (Wildman–Crippen MR) is 105 cm³/mol. The van der Waals surface area contributed by atoms with Crippen LogP contribution in [0.5, 0.6) is 5.75 Å². The molecule has 6 heteroatoms. The highest BCUT2D eigenvalue weighted by Crippen LogP contribution is 2.24. The van der Waals surface area contributed by atoms with E-state index < -0.39 is 0 Å². The van der Waals surface area contributed by atoms with Gasteiger partial charge >= 0.3 is 6.03 Å². The van der Waals surface area contributed by atoms with Crippen molar-refractivity contribution in [1.82, 2.24) is 15.1 Å². The minimum atomic E-state index is -0.146. The number of carbonyl (C=O) groups is 1. The smallest absolute Gasteiger partial charge is 0.319 e. The maximum absolute atomic E-state index is 12.5. The molecule has 0 radical (unpaired) electrons. The van der Waals surface area contributed by atoms with Gasteiger partial charge in [0.05, 0.1) is 12.3 Å². The normalized spacial score (nSPS) is 22.8. The van der Waals surface area contributed by atoms with Crippen LogP contribution in [0.4, 0.5) is 10.5 Å². The number of hydrogen-bond donors (Lipinski definition) is 2. The summed E-state index contributed by atoms with van der Waals surface area (Å²) in [5.74, 6) is 0.710. The molecule has 1 atom stereocenters. The number of hydrogen-bond acceptors (Lipinski definition) is 4. The zero-order valence-corrected chi connectivity index (χ0v) is 16.0. The van der Waals surface area contributed by atoms with E-state index in [0.717, 1.165) is 31.6 Å². The topological polar surface area (TPSA) is 56.8 Å². The number of benzene rings is 1. The number of anilines is 1. The number of ether oxygens (including phenoxy) is 1. The van der Waals surface area contributed by atoms with E-state index in [1.807, 2.05) is 31.2 Å². The van der Waals surface area contributed by atoms with Gasteiger partial charge in [-0.25, -0.2) is 4.79 Å². The van der Waals surface area contributed by atoms with Gasteiger partial charge in [-0.2, -0.15) is 0 Å². The van der Waals surface area contributed by atoms with Gasteiger partial charge in [0, 0.05) is 18.6 Å². The van der Waals surface area contributed by atoms with Crippen LogP contribution in [0.1, 0.15) is 32.6 Å². The Balaban J connectivity index is 1.51. The molecule has 2 saturated heterocycles. The number of nitrogens with one attached hydrogen (secondary N) is 2. The highest BCUT2D eigenvalue weighted by atomic mass is 16.5.